The van der Waals surface area contributed by atoms with E-state index in [1.54, 1.807) is 18.2 Å². The van der Waals surface area contributed by atoms with Crippen LogP contribution in [-0.2, 0) is 11.3 Å². The summed E-state index contributed by atoms with van der Waals surface area (Å²) >= 11 is 9.13. The van der Waals surface area contributed by atoms with Crippen LogP contribution in [0.1, 0.15) is 32.0 Å². The molecule has 2 nitrogen and oxygen atoms in total. The summed E-state index contributed by atoms with van der Waals surface area (Å²) in [4.78, 5) is 4.45. The van der Waals surface area contributed by atoms with Crippen molar-refractivity contribution in [3.63, 3.8) is 0 Å². The number of rotatable bonds is 3. The van der Waals surface area contributed by atoms with E-state index in [2.05, 4.69) is 41.7 Å². The van der Waals surface area contributed by atoms with Crippen molar-refractivity contribution < 1.29 is 9.13 Å². The molecule has 0 aliphatic heterocycles. The average Bonchev–Trinajstić information content (AvgIpc) is 2.40. The number of halogens is 3. The highest BCUT2D eigenvalue weighted by molar-refractivity contribution is 9.10. The van der Waals surface area contributed by atoms with Gasteiger partial charge in [-0.1, -0.05) is 36.7 Å². The first-order valence-electron chi connectivity index (χ1n) is 6.50. The lowest BCUT2D eigenvalue weighted by Gasteiger charge is -2.19. The van der Waals surface area contributed by atoms with Crippen molar-refractivity contribution >= 4 is 27.5 Å². The van der Waals surface area contributed by atoms with E-state index in [0.29, 0.717) is 16.2 Å². The van der Waals surface area contributed by atoms with Gasteiger partial charge in [0.25, 0.3) is 0 Å². The Morgan fingerprint density at radius 1 is 1.24 bits per heavy atom. The Morgan fingerprint density at radius 3 is 2.52 bits per heavy atom. The smallest absolute Gasteiger partial charge is 0.219 e. The minimum atomic E-state index is -0.445. The van der Waals surface area contributed by atoms with Gasteiger partial charge >= 0.3 is 0 Å². The molecule has 0 bridgehead atoms. The normalized spacial score (nSPS) is 11.5. The molecule has 1 heterocycles. The van der Waals surface area contributed by atoms with Gasteiger partial charge < -0.3 is 4.74 Å². The van der Waals surface area contributed by atoms with Crippen LogP contribution in [0.15, 0.2) is 34.8 Å². The number of hydrogen-bond acceptors (Lipinski definition) is 2. The maximum Gasteiger partial charge on any atom is 0.219 e. The summed E-state index contributed by atoms with van der Waals surface area (Å²) in [5.74, 6) is 0.390. The molecule has 2 rings (SSSR count). The van der Waals surface area contributed by atoms with Crippen LogP contribution in [0, 0.1) is 5.82 Å². The Hall–Kier alpha value is -1.13. The number of benzene rings is 1. The van der Waals surface area contributed by atoms with E-state index in [0.717, 1.165) is 11.3 Å². The molecule has 0 unspecified atom stereocenters. The SMILES string of the molecule is CC(C)(C)c1cc(CCl)cc(Oc2ccc(Br)cc2F)n1. The molecule has 21 heavy (non-hydrogen) atoms. The fourth-order valence-electron chi connectivity index (χ4n) is 1.74. The van der Waals surface area contributed by atoms with Gasteiger partial charge in [0.2, 0.25) is 5.88 Å². The molecule has 112 valence electrons. The van der Waals surface area contributed by atoms with Gasteiger partial charge in [-0.15, -0.1) is 11.6 Å². The summed E-state index contributed by atoms with van der Waals surface area (Å²) in [5, 5.41) is 0. The molecule has 5 heteroatoms. The highest BCUT2D eigenvalue weighted by Crippen LogP contribution is 2.29. The lowest BCUT2D eigenvalue weighted by atomic mass is 9.91. The zero-order valence-corrected chi connectivity index (χ0v) is 14.4. The Balaban J connectivity index is 2.39. The van der Waals surface area contributed by atoms with Crippen LogP contribution >= 0.6 is 27.5 Å². The molecular weight excluding hydrogens is 357 g/mol. The van der Waals surface area contributed by atoms with Crippen molar-refractivity contribution in [1.29, 1.82) is 0 Å². The largest absolute Gasteiger partial charge is 0.436 e. The van der Waals surface area contributed by atoms with Gasteiger partial charge in [-0.3, -0.25) is 0 Å². The first-order chi connectivity index (χ1) is 9.79. The molecule has 0 saturated carbocycles. The van der Waals surface area contributed by atoms with E-state index < -0.39 is 5.82 Å². The highest BCUT2D eigenvalue weighted by Gasteiger charge is 2.18. The Kier molecular flexibility index (Phi) is 4.89. The number of aromatic nitrogens is 1. The molecule has 0 saturated heterocycles. The fraction of sp³-hybridized carbons (Fsp3) is 0.312. The molecule has 2 aromatic rings. The van der Waals surface area contributed by atoms with Crippen molar-refractivity contribution in [1.82, 2.24) is 4.98 Å². The summed E-state index contributed by atoms with van der Waals surface area (Å²) in [6.45, 7) is 6.16. The van der Waals surface area contributed by atoms with E-state index in [-0.39, 0.29) is 11.2 Å². The molecule has 0 amide bonds. The van der Waals surface area contributed by atoms with E-state index in [1.165, 1.54) is 6.07 Å². The standard InChI is InChI=1S/C16H16BrClFNO/c1-16(2,3)14-6-10(9-18)7-15(20-14)21-13-5-4-11(17)8-12(13)19/h4-8H,9H2,1-3H3. The highest BCUT2D eigenvalue weighted by atomic mass is 79.9. The van der Waals surface area contributed by atoms with Crippen LogP contribution < -0.4 is 4.74 Å². The second kappa shape index (κ2) is 6.32. The van der Waals surface area contributed by atoms with E-state index >= 15 is 0 Å². The van der Waals surface area contributed by atoms with Gasteiger partial charge in [-0.25, -0.2) is 9.37 Å². The van der Waals surface area contributed by atoms with Gasteiger partial charge in [0, 0.05) is 21.8 Å². The van der Waals surface area contributed by atoms with Crippen molar-refractivity contribution in [3.05, 3.63) is 51.9 Å². The number of pyridine rings is 1. The molecule has 0 aliphatic carbocycles. The van der Waals surface area contributed by atoms with Crippen LogP contribution in [0.2, 0.25) is 0 Å². The molecule has 0 N–H and O–H groups in total. The third-order valence-electron chi connectivity index (χ3n) is 2.89. The molecular formula is C16H16BrClFNO. The lowest BCUT2D eigenvalue weighted by molar-refractivity contribution is 0.420. The van der Waals surface area contributed by atoms with E-state index in [1.807, 2.05) is 6.07 Å². The Bertz CT molecular complexity index is 655. The summed E-state index contributed by atoms with van der Waals surface area (Å²) in [7, 11) is 0. The maximum absolute atomic E-state index is 13.8. The predicted molar refractivity (Wildman–Crippen MR) is 86.7 cm³/mol. The number of nitrogens with zero attached hydrogens (tertiary/aromatic N) is 1. The molecule has 0 fully saturated rings. The number of hydrogen-bond donors (Lipinski definition) is 0. The van der Waals surface area contributed by atoms with Crippen molar-refractivity contribution in [2.75, 3.05) is 0 Å². The van der Waals surface area contributed by atoms with Gasteiger partial charge in [-0.05, 0) is 29.8 Å². The second-order valence-electron chi connectivity index (χ2n) is 5.76. The van der Waals surface area contributed by atoms with Gasteiger partial charge in [0.1, 0.15) is 0 Å². The van der Waals surface area contributed by atoms with E-state index in [4.69, 9.17) is 16.3 Å². The quantitative estimate of drug-likeness (QED) is 0.634. The van der Waals surface area contributed by atoms with Crippen LogP contribution in [0.25, 0.3) is 0 Å². The maximum atomic E-state index is 13.8. The molecule has 0 radical (unpaired) electrons. The van der Waals surface area contributed by atoms with E-state index in [9.17, 15) is 4.39 Å². The number of alkyl halides is 1. The molecule has 1 aromatic carbocycles. The monoisotopic (exact) mass is 371 g/mol. The average molecular weight is 373 g/mol. The van der Waals surface area contributed by atoms with Gasteiger partial charge in [0.15, 0.2) is 11.6 Å². The first-order valence-corrected chi connectivity index (χ1v) is 7.82. The fourth-order valence-corrected chi connectivity index (χ4v) is 2.23. The minimum absolute atomic E-state index is 0.136. The van der Waals surface area contributed by atoms with Crippen LogP contribution in [0.4, 0.5) is 4.39 Å². The minimum Gasteiger partial charge on any atom is -0.436 e. The Morgan fingerprint density at radius 2 is 1.95 bits per heavy atom. The summed E-state index contributed by atoms with van der Waals surface area (Å²) < 4.78 is 20.1. The molecule has 0 atom stereocenters. The lowest BCUT2D eigenvalue weighted by Crippen LogP contribution is -2.14. The summed E-state index contributed by atoms with van der Waals surface area (Å²) in [6, 6.07) is 8.30. The first kappa shape index (κ1) is 16.2. The third kappa shape index (κ3) is 4.17. The van der Waals surface area contributed by atoms with Crippen LogP contribution in [0.5, 0.6) is 11.6 Å². The summed E-state index contributed by atoms with van der Waals surface area (Å²) in [5.41, 5.74) is 1.61. The zero-order chi connectivity index (χ0) is 15.6. The van der Waals surface area contributed by atoms with Crippen molar-refractivity contribution in [2.24, 2.45) is 0 Å². The Labute approximate surface area is 137 Å². The van der Waals surface area contributed by atoms with Crippen LogP contribution in [0.3, 0.4) is 0 Å². The second-order valence-corrected chi connectivity index (χ2v) is 6.94. The van der Waals surface area contributed by atoms with Gasteiger partial charge in [0.05, 0.1) is 5.69 Å². The number of ether oxygens (including phenoxy) is 1. The molecule has 0 aliphatic rings. The predicted octanol–water partition coefficient (Wildman–Crippen LogP) is 5.81. The molecule has 0 spiro atoms. The third-order valence-corrected chi connectivity index (χ3v) is 3.69. The van der Waals surface area contributed by atoms with Crippen molar-refractivity contribution in [3.8, 4) is 11.6 Å². The van der Waals surface area contributed by atoms with Crippen molar-refractivity contribution in [2.45, 2.75) is 32.1 Å². The summed E-state index contributed by atoms with van der Waals surface area (Å²) in [6.07, 6.45) is 0. The zero-order valence-electron chi connectivity index (χ0n) is 12.1. The van der Waals surface area contributed by atoms with Crippen LogP contribution in [-0.4, -0.2) is 4.98 Å². The topological polar surface area (TPSA) is 22.1 Å². The van der Waals surface area contributed by atoms with Gasteiger partial charge in [-0.2, -0.15) is 0 Å². The molecule has 1 aromatic heterocycles.